The fourth-order valence-corrected chi connectivity index (χ4v) is 2.16. The third kappa shape index (κ3) is 4.00. The van der Waals surface area contributed by atoms with E-state index in [9.17, 15) is 18.0 Å². The molecule has 1 atom stereocenters. The number of aromatic nitrogens is 2. The summed E-state index contributed by atoms with van der Waals surface area (Å²) in [6.07, 6.45) is -1.18. The van der Waals surface area contributed by atoms with Gasteiger partial charge in [-0.15, -0.1) is 0 Å². The number of carbonyl (C=O) groups is 1. The molecule has 1 N–H and O–H groups in total. The lowest BCUT2D eigenvalue weighted by Crippen LogP contribution is -2.18. The summed E-state index contributed by atoms with van der Waals surface area (Å²) in [5, 5.41) is 6.03. The standard InChI is InChI=1S/C14H13ClF3N3O/c1-9(21-6-2-5-19-21)7-13(22)20-10-3-4-12(15)11(8-10)14(16,17)18/h2-6,8-9H,7H2,1H3,(H,20,22). The first-order chi connectivity index (χ1) is 10.3. The smallest absolute Gasteiger partial charge is 0.326 e. The molecule has 0 radical (unpaired) electrons. The van der Waals surface area contributed by atoms with E-state index in [1.165, 1.54) is 6.07 Å². The van der Waals surface area contributed by atoms with Crippen molar-refractivity contribution < 1.29 is 18.0 Å². The van der Waals surface area contributed by atoms with Crippen LogP contribution in [0.4, 0.5) is 18.9 Å². The van der Waals surface area contributed by atoms with Gasteiger partial charge in [0.2, 0.25) is 5.91 Å². The van der Waals surface area contributed by atoms with E-state index in [0.717, 1.165) is 12.1 Å². The number of halogens is 4. The lowest BCUT2D eigenvalue weighted by atomic mass is 10.1. The molecule has 2 rings (SSSR count). The van der Waals surface area contributed by atoms with Gasteiger partial charge in [0.1, 0.15) is 0 Å². The Morgan fingerprint density at radius 2 is 2.18 bits per heavy atom. The second-order valence-corrected chi connectivity index (χ2v) is 5.19. The predicted octanol–water partition coefficient (Wildman–Crippen LogP) is 4.15. The van der Waals surface area contributed by atoms with Crippen LogP contribution in [-0.4, -0.2) is 15.7 Å². The van der Waals surface area contributed by atoms with E-state index >= 15 is 0 Å². The van der Waals surface area contributed by atoms with E-state index in [4.69, 9.17) is 11.6 Å². The number of carbonyl (C=O) groups excluding carboxylic acids is 1. The van der Waals surface area contributed by atoms with E-state index in [1.807, 2.05) is 0 Å². The number of rotatable bonds is 4. The van der Waals surface area contributed by atoms with Crippen molar-refractivity contribution in [3.63, 3.8) is 0 Å². The van der Waals surface area contributed by atoms with Crippen molar-refractivity contribution >= 4 is 23.2 Å². The molecule has 4 nitrogen and oxygen atoms in total. The van der Waals surface area contributed by atoms with Crippen LogP contribution in [0.25, 0.3) is 0 Å². The quantitative estimate of drug-likeness (QED) is 0.915. The Bertz CT molecular complexity index is 656. The maximum absolute atomic E-state index is 12.8. The van der Waals surface area contributed by atoms with Gasteiger partial charge in [-0.2, -0.15) is 18.3 Å². The molecular formula is C14H13ClF3N3O. The first-order valence-corrected chi connectivity index (χ1v) is 6.81. The van der Waals surface area contributed by atoms with Crippen LogP contribution in [0.3, 0.4) is 0 Å². The number of benzene rings is 1. The Morgan fingerprint density at radius 3 is 2.77 bits per heavy atom. The monoisotopic (exact) mass is 331 g/mol. The summed E-state index contributed by atoms with van der Waals surface area (Å²) in [6, 6.07) is 4.77. The van der Waals surface area contributed by atoms with Crippen LogP contribution in [0.1, 0.15) is 24.9 Å². The van der Waals surface area contributed by atoms with Gasteiger partial charge in [0, 0.05) is 24.5 Å². The number of nitrogens with zero attached hydrogens (tertiary/aromatic N) is 2. The number of amides is 1. The summed E-state index contributed by atoms with van der Waals surface area (Å²) in [5.41, 5.74) is -0.929. The highest BCUT2D eigenvalue weighted by molar-refractivity contribution is 6.31. The molecule has 0 fully saturated rings. The normalized spacial score (nSPS) is 13.0. The SMILES string of the molecule is CC(CC(=O)Nc1ccc(Cl)c(C(F)(F)F)c1)n1cccn1. The Labute approximate surface area is 129 Å². The molecule has 1 unspecified atom stereocenters. The van der Waals surface area contributed by atoms with E-state index < -0.39 is 22.7 Å². The van der Waals surface area contributed by atoms with Crippen LogP contribution in [0.15, 0.2) is 36.7 Å². The average Bonchev–Trinajstić information content (AvgIpc) is 2.93. The molecule has 0 saturated carbocycles. The zero-order valence-electron chi connectivity index (χ0n) is 11.6. The summed E-state index contributed by atoms with van der Waals surface area (Å²) in [7, 11) is 0. The van der Waals surface area contributed by atoms with Gasteiger partial charge in [0.25, 0.3) is 0 Å². The first-order valence-electron chi connectivity index (χ1n) is 6.43. The zero-order valence-corrected chi connectivity index (χ0v) is 12.3. The summed E-state index contributed by atoms with van der Waals surface area (Å²) in [6.45, 7) is 1.79. The van der Waals surface area contributed by atoms with Gasteiger partial charge in [0.05, 0.1) is 16.6 Å². The largest absolute Gasteiger partial charge is 0.417 e. The average molecular weight is 332 g/mol. The molecule has 8 heteroatoms. The van der Waals surface area contributed by atoms with Crippen LogP contribution < -0.4 is 5.32 Å². The molecule has 0 spiro atoms. The highest BCUT2D eigenvalue weighted by Crippen LogP contribution is 2.36. The third-order valence-electron chi connectivity index (χ3n) is 3.01. The minimum Gasteiger partial charge on any atom is -0.326 e. The maximum atomic E-state index is 12.8. The Morgan fingerprint density at radius 1 is 1.45 bits per heavy atom. The molecule has 1 amide bonds. The number of hydrogen-bond donors (Lipinski definition) is 1. The lowest BCUT2D eigenvalue weighted by Gasteiger charge is -2.14. The van der Waals surface area contributed by atoms with Crippen molar-refractivity contribution in [1.29, 1.82) is 0 Å². The minimum absolute atomic E-state index is 0.0504. The van der Waals surface area contributed by atoms with Crippen molar-refractivity contribution in [2.45, 2.75) is 25.6 Å². The lowest BCUT2D eigenvalue weighted by molar-refractivity contribution is -0.137. The summed E-state index contributed by atoms with van der Waals surface area (Å²) < 4.78 is 39.9. The van der Waals surface area contributed by atoms with Crippen LogP contribution >= 0.6 is 11.6 Å². The fourth-order valence-electron chi connectivity index (χ4n) is 1.94. The van der Waals surface area contributed by atoms with Gasteiger partial charge in [-0.05, 0) is 31.2 Å². The maximum Gasteiger partial charge on any atom is 0.417 e. The molecule has 1 aromatic heterocycles. The summed E-state index contributed by atoms with van der Waals surface area (Å²) >= 11 is 5.52. The van der Waals surface area contributed by atoms with Crippen molar-refractivity contribution in [2.75, 3.05) is 5.32 Å². The van der Waals surface area contributed by atoms with Gasteiger partial charge in [-0.1, -0.05) is 11.6 Å². The molecule has 118 valence electrons. The van der Waals surface area contributed by atoms with E-state index in [0.29, 0.717) is 0 Å². The van der Waals surface area contributed by atoms with E-state index in [1.54, 1.807) is 30.1 Å². The van der Waals surface area contributed by atoms with Gasteiger partial charge in [0.15, 0.2) is 0 Å². The molecule has 0 aliphatic heterocycles. The van der Waals surface area contributed by atoms with E-state index in [2.05, 4.69) is 10.4 Å². The van der Waals surface area contributed by atoms with Crippen LogP contribution in [-0.2, 0) is 11.0 Å². The van der Waals surface area contributed by atoms with Crippen molar-refractivity contribution in [3.05, 3.63) is 47.2 Å². The van der Waals surface area contributed by atoms with Crippen LogP contribution in [0.2, 0.25) is 5.02 Å². The molecule has 2 aromatic rings. The third-order valence-corrected chi connectivity index (χ3v) is 3.34. The predicted molar refractivity (Wildman–Crippen MR) is 76.6 cm³/mol. The molecule has 0 bridgehead atoms. The Kier molecular flexibility index (Phi) is 4.75. The van der Waals surface area contributed by atoms with Gasteiger partial charge < -0.3 is 5.32 Å². The number of hydrogen-bond acceptors (Lipinski definition) is 2. The highest BCUT2D eigenvalue weighted by Gasteiger charge is 2.33. The number of nitrogens with one attached hydrogen (secondary N) is 1. The van der Waals surface area contributed by atoms with Crippen LogP contribution in [0, 0.1) is 0 Å². The molecule has 22 heavy (non-hydrogen) atoms. The summed E-state index contributed by atoms with van der Waals surface area (Å²) in [4.78, 5) is 11.9. The molecule has 0 aliphatic rings. The van der Waals surface area contributed by atoms with Crippen molar-refractivity contribution in [2.24, 2.45) is 0 Å². The van der Waals surface area contributed by atoms with Gasteiger partial charge in [-0.3, -0.25) is 9.48 Å². The first kappa shape index (κ1) is 16.4. The Balaban J connectivity index is 2.06. The van der Waals surface area contributed by atoms with Gasteiger partial charge >= 0.3 is 6.18 Å². The van der Waals surface area contributed by atoms with Crippen molar-refractivity contribution in [1.82, 2.24) is 9.78 Å². The molecule has 1 aromatic carbocycles. The zero-order chi connectivity index (χ0) is 16.3. The molecule has 1 heterocycles. The van der Waals surface area contributed by atoms with Crippen molar-refractivity contribution in [3.8, 4) is 0 Å². The second kappa shape index (κ2) is 6.39. The molecular weight excluding hydrogens is 319 g/mol. The number of anilines is 1. The molecule has 0 saturated heterocycles. The Hall–Kier alpha value is -2.02. The van der Waals surface area contributed by atoms with E-state index in [-0.39, 0.29) is 18.2 Å². The minimum atomic E-state index is -4.57. The highest BCUT2D eigenvalue weighted by atomic mass is 35.5. The summed E-state index contributed by atoms with van der Waals surface area (Å²) in [5.74, 6) is -0.404. The molecule has 0 aliphatic carbocycles. The van der Waals surface area contributed by atoms with Crippen LogP contribution in [0.5, 0.6) is 0 Å². The second-order valence-electron chi connectivity index (χ2n) is 4.78. The van der Waals surface area contributed by atoms with Gasteiger partial charge in [-0.25, -0.2) is 0 Å². The fraction of sp³-hybridized carbons (Fsp3) is 0.286. The topological polar surface area (TPSA) is 46.9 Å². The number of alkyl halides is 3.